The molecule has 2 atom stereocenters. The quantitative estimate of drug-likeness (QED) is 0.632. The highest BCUT2D eigenvalue weighted by atomic mass is 16.5. The first-order valence-electron chi connectivity index (χ1n) is 7.41. The molecule has 1 N–H and O–H groups in total. The summed E-state index contributed by atoms with van der Waals surface area (Å²) in [6.07, 6.45) is 8.98. The molecule has 0 bridgehead atoms. The van der Waals surface area contributed by atoms with E-state index in [2.05, 4.69) is 20.8 Å². The van der Waals surface area contributed by atoms with Gasteiger partial charge in [0.25, 0.3) is 0 Å². The summed E-state index contributed by atoms with van der Waals surface area (Å²) in [5.74, 6) is -0.0255. The smallest absolute Gasteiger partial charge is 0.302 e. The molecule has 1 rings (SSSR count). The molecule has 1 aliphatic carbocycles. The monoisotopic (exact) mass is 280 g/mol. The van der Waals surface area contributed by atoms with Crippen molar-refractivity contribution < 1.29 is 14.6 Å². The molecular formula is C17H28O3. The van der Waals surface area contributed by atoms with Crippen molar-refractivity contribution in [3.63, 3.8) is 0 Å². The molecule has 20 heavy (non-hydrogen) atoms. The van der Waals surface area contributed by atoms with Gasteiger partial charge in [0.1, 0.15) is 6.61 Å². The van der Waals surface area contributed by atoms with Crippen molar-refractivity contribution in [2.24, 2.45) is 11.3 Å². The average Bonchev–Trinajstić information content (AvgIpc) is 2.33. The summed E-state index contributed by atoms with van der Waals surface area (Å²) in [5, 5.41) is 11.0. The largest absolute Gasteiger partial charge is 0.462 e. The summed E-state index contributed by atoms with van der Waals surface area (Å²) in [6, 6.07) is 0. The van der Waals surface area contributed by atoms with Crippen molar-refractivity contribution in [3.8, 4) is 0 Å². The van der Waals surface area contributed by atoms with Gasteiger partial charge in [0.05, 0.1) is 5.60 Å². The number of aliphatic hydroxyl groups is 1. The number of carbonyl (C=O) groups excluding carboxylic acids is 1. The van der Waals surface area contributed by atoms with Crippen LogP contribution in [-0.4, -0.2) is 23.3 Å². The maximum atomic E-state index is 11.0. The van der Waals surface area contributed by atoms with Crippen molar-refractivity contribution >= 4 is 5.97 Å². The Bertz CT molecular complexity index is 406. The Morgan fingerprint density at radius 3 is 2.60 bits per heavy atom. The zero-order valence-corrected chi connectivity index (χ0v) is 13.4. The zero-order valence-electron chi connectivity index (χ0n) is 13.4. The van der Waals surface area contributed by atoms with E-state index in [1.165, 1.54) is 13.3 Å². The highest BCUT2D eigenvalue weighted by molar-refractivity contribution is 5.66. The van der Waals surface area contributed by atoms with Crippen LogP contribution in [0, 0.1) is 11.3 Å². The molecule has 3 nitrogen and oxygen atoms in total. The number of hydrogen-bond donors (Lipinski definition) is 1. The minimum atomic E-state index is -0.776. The Morgan fingerprint density at radius 1 is 1.40 bits per heavy atom. The van der Waals surface area contributed by atoms with Crippen LogP contribution in [0.15, 0.2) is 23.8 Å². The van der Waals surface area contributed by atoms with Crippen LogP contribution in [0.2, 0.25) is 0 Å². The fraction of sp³-hybridized carbons (Fsp3) is 0.706. The first-order chi connectivity index (χ1) is 9.19. The fourth-order valence-corrected chi connectivity index (χ4v) is 2.94. The molecule has 1 fully saturated rings. The molecule has 3 heteroatoms. The second-order valence-corrected chi connectivity index (χ2v) is 6.59. The molecule has 114 valence electrons. The van der Waals surface area contributed by atoms with Gasteiger partial charge < -0.3 is 9.84 Å². The van der Waals surface area contributed by atoms with Crippen LogP contribution in [0.3, 0.4) is 0 Å². The van der Waals surface area contributed by atoms with E-state index in [9.17, 15) is 9.90 Å². The number of rotatable bonds is 4. The van der Waals surface area contributed by atoms with Crippen LogP contribution in [0.4, 0.5) is 0 Å². The van der Waals surface area contributed by atoms with Crippen LogP contribution in [-0.2, 0) is 9.53 Å². The second-order valence-electron chi connectivity index (χ2n) is 6.59. The zero-order chi connectivity index (χ0) is 15.4. The van der Waals surface area contributed by atoms with Crippen LogP contribution in [0.25, 0.3) is 0 Å². The fourth-order valence-electron chi connectivity index (χ4n) is 2.94. The highest BCUT2D eigenvalue weighted by Crippen LogP contribution is 2.47. The van der Waals surface area contributed by atoms with E-state index in [0.717, 1.165) is 18.4 Å². The van der Waals surface area contributed by atoms with E-state index in [4.69, 9.17) is 4.74 Å². The van der Waals surface area contributed by atoms with Crippen molar-refractivity contribution in [2.45, 2.75) is 59.5 Å². The lowest BCUT2D eigenvalue weighted by Gasteiger charge is -2.49. The lowest BCUT2D eigenvalue weighted by Crippen LogP contribution is -2.50. The highest BCUT2D eigenvalue weighted by Gasteiger charge is 2.47. The third-order valence-corrected chi connectivity index (χ3v) is 4.57. The van der Waals surface area contributed by atoms with Gasteiger partial charge in [-0.2, -0.15) is 0 Å². The minimum absolute atomic E-state index is 0.114. The van der Waals surface area contributed by atoms with Crippen molar-refractivity contribution in [1.29, 1.82) is 0 Å². The maximum absolute atomic E-state index is 11.0. The van der Waals surface area contributed by atoms with Crippen molar-refractivity contribution in [1.82, 2.24) is 0 Å². The van der Waals surface area contributed by atoms with E-state index < -0.39 is 5.60 Å². The number of hydrogen-bond acceptors (Lipinski definition) is 3. The molecule has 0 aromatic rings. The SMILES string of the molecule is CC(=O)OCC=C(C)C=CC1(O)C(C)CCCC1(C)C. The molecule has 0 saturated heterocycles. The van der Waals surface area contributed by atoms with Gasteiger partial charge >= 0.3 is 5.97 Å². The summed E-state index contributed by atoms with van der Waals surface area (Å²) in [7, 11) is 0. The van der Waals surface area contributed by atoms with Gasteiger partial charge in [0, 0.05) is 6.92 Å². The Kier molecular flexibility index (Phi) is 5.58. The lowest BCUT2D eigenvalue weighted by molar-refractivity contribution is -0.139. The second kappa shape index (κ2) is 6.57. The molecule has 0 aromatic carbocycles. The topological polar surface area (TPSA) is 46.5 Å². The molecule has 1 saturated carbocycles. The molecule has 0 radical (unpaired) electrons. The summed E-state index contributed by atoms with van der Waals surface area (Å²) in [4.78, 5) is 10.7. The van der Waals surface area contributed by atoms with Gasteiger partial charge in [-0.1, -0.05) is 44.9 Å². The number of esters is 1. The number of allylic oxidation sites excluding steroid dienone is 2. The van der Waals surface area contributed by atoms with E-state index in [1.54, 1.807) is 0 Å². The minimum Gasteiger partial charge on any atom is -0.462 e. The molecule has 0 heterocycles. The Morgan fingerprint density at radius 2 is 2.05 bits per heavy atom. The lowest BCUT2D eigenvalue weighted by atomic mass is 9.60. The Balaban J connectivity index is 2.77. The molecule has 0 aromatic heterocycles. The first-order valence-corrected chi connectivity index (χ1v) is 7.41. The van der Waals surface area contributed by atoms with Crippen molar-refractivity contribution in [3.05, 3.63) is 23.8 Å². The van der Waals surface area contributed by atoms with Crippen LogP contribution in [0.5, 0.6) is 0 Å². The molecule has 0 spiro atoms. The summed E-state index contributed by atoms with van der Waals surface area (Å²) < 4.78 is 4.88. The predicted octanol–water partition coefficient (Wildman–Crippen LogP) is 3.63. The third kappa shape index (κ3) is 3.95. The van der Waals surface area contributed by atoms with E-state index in [0.29, 0.717) is 0 Å². The van der Waals surface area contributed by atoms with Crippen molar-refractivity contribution in [2.75, 3.05) is 6.61 Å². The summed E-state index contributed by atoms with van der Waals surface area (Å²) in [5.41, 5.74) is 0.104. The summed E-state index contributed by atoms with van der Waals surface area (Å²) in [6.45, 7) is 10.00. The maximum Gasteiger partial charge on any atom is 0.302 e. The van der Waals surface area contributed by atoms with E-state index in [-0.39, 0.29) is 23.9 Å². The van der Waals surface area contributed by atoms with Gasteiger partial charge in [-0.25, -0.2) is 0 Å². The third-order valence-electron chi connectivity index (χ3n) is 4.57. The molecule has 0 aliphatic heterocycles. The normalized spacial score (nSPS) is 30.5. The van der Waals surface area contributed by atoms with Gasteiger partial charge in [-0.15, -0.1) is 0 Å². The molecule has 2 unspecified atom stereocenters. The summed E-state index contributed by atoms with van der Waals surface area (Å²) >= 11 is 0. The number of carbonyl (C=O) groups is 1. The van der Waals surface area contributed by atoms with Crippen LogP contribution < -0.4 is 0 Å². The standard InChI is InChI=1S/C17H28O3/c1-13(9-12-20-15(3)18)8-11-17(19)14(2)7-6-10-16(17,4)5/h8-9,11,14,19H,6-7,10,12H2,1-5H3. The average molecular weight is 280 g/mol. The van der Waals surface area contributed by atoms with E-state index >= 15 is 0 Å². The Hall–Kier alpha value is -1.09. The van der Waals surface area contributed by atoms with Gasteiger partial charge in [0.15, 0.2) is 0 Å². The molecule has 0 amide bonds. The van der Waals surface area contributed by atoms with Crippen LogP contribution in [0.1, 0.15) is 53.9 Å². The van der Waals surface area contributed by atoms with Crippen LogP contribution >= 0.6 is 0 Å². The van der Waals surface area contributed by atoms with Gasteiger partial charge in [0.2, 0.25) is 0 Å². The molecule has 1 aliphatic rings. The molecular weight excluding hydrogens is 252 g/mol. The first kappa shape index (κ1) is 17.0. The van der Waals surface area contributed by atoms with Gasteiger partial charge in [-0.3, -0.25) is 4.79 Å². The van der Waals surface area contributed by atoms with E-state index in [1.807, 2.05) is 25.2 Å². The number of ether oxygens (including phenoxy) is 1. The predicted molar refractivity (Wildman–Crippen MR) is 81.3 cm³/mol. The Labute approximate surface area is 122 Å². The van der Waals surface area contributed by atoms with Gasteiger partial charge in [-0.05, 0) is 37.2 Å².